The summed E-state index contributed by atoms with van der Waals surface area (Å²) in [5, 5.41) is 19.4. The number of carbonyl (C=O) groups excluding carboxylic acids is 2. The molecule has 0 bridgehead atoms. The van der Waals surface area contributed by atoms with Gasteiger partial charge in [0.1, 0.15) is 5.60 Å². The van der Waals surface area contributed by atoms with Gasteiger partial charge in [-0.25, -0.2) is 0 Å². The fourth-order valence-electron chi connectivity index (χ4n) is 2.91. The molecule has 1 aliphatic rings. The highest BCUT2D eigenvalue weighted by Crippen LogP contribution is 2.26. The maximum absolute atomic E-state index is 11.9. The van der Waals surface area contributed by atoms with E-state index in [0.717, 1.165) is 18.4 Å². The fraction of sp³-hybridized carbons (Fsp3) is 0.647. The van der Waals surface area contributed by atoms with Crippen LogP contribution in [0.1, 0.15) is 51.0 Å². The fourth-order valence-corrected chi connectivity index (χ4v) is 3.69. The van der Waals surface area contributed by atoms with Crippen molar-refractivity contribution in [2.24, 2.45) is 5.92 Å². The smallest absolute Gasteiger partial charge is 0.239 e. The Labute approximate surface area is 141 Å². The van der Waals surface area contributed by atoms with Crippen LogP contribution in [0.3, 0.4) is 0 Å². The molecule has 1 heterocycles. The Hall–Kier alpha value is -1.40. The molecule has 1 aromatic rings. The van der Waals surface area contributed by atoms with Crippen LogP contribution in [0.4, 0.5) is 0 Å². The van der Waals surface area contributed by atoms with E-state index in [1.807, 2.05) is 16.8 Å². The third-order valence-electron chi connectivity index (χ3n) is 4.42. The predicted octanol–water partition coefficient (Wildman–Crippen LogP) is 2.16. The highest BCUT2D eigenvalue weighted by Gasteiger charge is 2.24. The molecule has 3 N–H and O–H groups in total. The number of carbonyl (C=O) groups is 2. The molecule has 5 nitrogen and oxygen atoms in total. The SMILES string of the molecule is CC(O)(CNC(=O)CNC(=O)CC1CCCCC1)c1ccsc1. The van der Waals surface area contributed by atoms with Gasteiger partial charge in [-0.3, -0.25) is 9.59 Å². The summed E-state index contributed by atoms with van der Waals surface area (Å²) in [5.41, 5.74) is -0.314. The number of hydrogen-bond donors (Lipinski definition) is 3. The Morgan fingerprint density at radius 3 is 2.65 bits per heavy atom. The van der Waals surface area contributed by atoms with E-state index in [4.69, 9.17) is 0 Å². The van der Waals surface area contributed by atoms with Crippen LogP contribution in [0.25, 0.3) is 0 Å². The maximum Gasteiger partial charge on any atom is 0.239 e. The van der Waals surface area contributed by atoms with Crippen LogP contribution in [-0.4, -0.2) is 30.0 Å². The minimum atomic E-state index is -1.10. The van der Waals surface area contributed by atoms with Crippen LogP contribution in [0.15, 0.2) is 16.8 Å². The molecule has 0 spiro atoms. The number of rotatable bonds is 7. The third kappa shape index (κ3) is 5.95. The van der Waals surface area contributed by atoms with Crippen molar-refractivity contribution in [1.82, 2.24) is 10.6 Å². The minimum absolute atomic E-state index is 0.0364. The van der Waals surface area contributed by atoms with Crippen molar-refractivity contribution in [3.05, 3.63) is 22.4 Å². The second-order valence-corrected chi connectivity index (χ2v) is 7.33. The largest absolute Gasteiger partial charge is 0.384 e. The topological polar surface area (TPSA) is 78.4 Å². The lowest BCUT2D eigenvalue weighted by molar-refractivity contribution is -0.127. The van der Waals surface area contributed by atoms with Crippen LogP contribution < -0.4 is 10.6 Å². The van der Waals surface area contributed by atoms with Gasteiger partial charge in [-0.2, -0.15) is 11.3 Å². The molecule has 0 aliphatic heterocycles. The number of amides is 2. The van der Waals surface area contributed by atoms with Crippen LogP contribution in [-0.2, 0) is 15.2 Å². The number of hydrogen-bond acceptors (Lipinski definition) is 4. The Bertz CT molecular complexity index is 508. The Balaban J connectivity index is 1.65. The van der Waals surface area contributed by atoms with Crippen LogP contribution >= 0.6 is 11.3 Å². The van der Waals surface area contributed by atoms with Gasteiger partial charge in [0.05, 0.1) is 13.1 Å². The first kappa shape index (κ1) is 17.9. The highest BCUT2D eigenvalue weighted by atomic mass is 32.1. The van der Waals surface area contributed by atoms with E-state index in [-0.39, 0.29) is 24.9 Å². The van der Waals surface area contributed by atoms with Crippen molar-refractivity contribution in [1.29, 1.82) is 0 Å². The summed E-state index contributed by atoms with van der Waals surface area (Å²) < 4.78 is 0. The van der Waals surface area contributed by atoms with Gasteiger partial charge in [0.2, 0.25) is 11.8 Å². The monoisotopic (exact) mass is 338 g/mol. The van der Waals surface area contributed by atoms with Crippen molar-refractivity contribution in [3.63, 3.8) is 0 Å². The van der Waals surface area contributed by atoms with Crippen molar-refractivity contribution >= 4 is 23.2 Å². The van der Waals surface area contributed by atoms with Gasteiger partial charge in [-0.15, -0.1) is 0 Å². The molecule has 0 radical (unpaired) electrons. The van der Waals surface area contributed by atoms with Crippen molar-refractivity contribution < 1.29 is 14.7 Å². The molecule has 1 aromatic heterocycles. The zero-order valence-corrected chi connectivity index (χ0v) is 14.5. The summed E-state index contributed by atoms with van der Waals surface area (Å²) >= 11 is 1.50. The Morgan fingerprint density at radius 2 is 2.00 bits per heavy atom. The molecule has 1 unspecified atom stereocenters. The first-order chi connectivity index (χ1) is 11.0. The normalized spacial score (nSPS) is 18.2. The van der Waals surface area contributed by atoms with E-state index in [0.29, 0.717) is 12.3 Å². The van der Waals surface area contributed by atoms with Gasteiger partial charge in [0.15, 0.2) is 0 Å². The highest BCUT2D eigenvalue weighted by molar-refractivity contribution is 7.08. The summed E-state index contributed by atoms with van der Waals surface area (Å²) in [6.45, 7) is 1.75. The molecule has 23 heavy (non-hydrogen) atoms. The summed E-state index contributed by atoms with van der Waals surface area (Å²) in [4.78, 5) is 23.7. The molecule has 1 aliphatic carbocycles. The Morgan fingerprint density at radius 1 is 1.26 bits per heavy atom. The van der Waals surface area contributed by atoms with E-state index < -0.39 is 5.60 Å². The van der Waals surface area contributed by atoms with Gasteiger partial charge in [-0.1, -0.05) is 19.3 Å². The average molecular weight is 338 g/mol. The summed E-state index contributed by atoms with van der Waals surface area (Å²) in [6, 6.07) is 1.84. The summed E-state index contributed by atoms with van der Waals surface area (Å²) in [7, 11) is 0. The molecule has 1 saturated carbocycles. The molecule has 6 heteroatoms. The number of thiophene rings is 1. The van der Waals surface area contributed by atoms with Gasteiger partial charge in [0.25, 0.3) is 0 Å². The van der Waals surface area contributed by atoms with Gasteiger partial charge < -0.3 is 15.7 Å². The summed E-state index contributed by atoms with van der Waals surface area (Å²) in [5.74, 6) is 0.125. The van der Waals surface area contributed by atoms with Crippen molar-refractivity contribution in [2.75, 3.05) is 13.1 Å². The lowest BCUT2D eigenvalue weighted by Gasteiger charge is -2.23. The minimum Gasteiger partial charge on any atom is -0.384 e. The zero-order valence-electron chi connectivity index (χ0n) is 13.6. The third-order valence-corrected chi connectivity index (χ3v) is 5.10. The van der Waals surface area contributed by atoms with E-state index in [9.17, 15) is 14.7 Å². The molecule has 1 fully saturated rings. The molecular formula is C17H26N2O3S. The first-order valence-electron chi connectivity index (χ1n) is 8.26. The van der Waals surface area contributed by atoms with E-state index in [1.54, 1.807) is 6.92 Å². The second-order valence-electron chi connectivity index (χ2n) is 6.55. The van der Waals surface area contributed by atoms with Crippen LogP contribution in [0, 0.1) is 5.92 Å². The van der Waals surface area contributed by atoms with Crippen molar-refractivity contribution in [2.45, 2.75) is 51.0 Å². The molecule has 0 aromatic carbocycles. The summed E-state index contributed by atoms with van der Waals surface area (Å²) in [6.07, 6.45) is 6.42. The van der Waals surface area contributed by atoms with Crippen LogP contribution in [0.5, 0.6) is 0 Å². The lowest BCUT2D eigenvalue weighted by Crippen LogP contribution is -2.43. The molecule has 2 rings (SSSR count). The standard InChI is InChI=1S/C17H26N2O3S/c1-17(22,14-7-8-23-11-14)12-19-16(21)10-18-15(20)9-13-5-3-2-4-6-13/h7-8,11,13,22H,2-6,9-10,12H2,1H3,(H,18,20)(H,19,21). The van der Waals surface area contributed by atoms with Gasteiger partial charge in [0, 0.05) is 6.42 Å². The zero-order chi connectivity index (χ0) is 16.7. The lowest BCUT2D eigenvalue weighted by atomic mass is 9.87. The predicted molar refractivity (Wildman–Crippen MR) is 91.1 cm³/mol. The average Bonchev–Trinajstić information content (AvgIpc) is 3.07. The maximum atomic E-state index is 11.9. The molecule has 0 saturated heterocycles. The molecule has 128 valence electrons. The molecule has 2 amide bonds. The first-order valence-corrected chi connectivity index (χ1v) is 9.20. The van der Waals surface area contributed by atoms with E-state index >= 15 is 0 Å². The quantitative estimate of drug-likeness (QED) is 0.713. The molecular weight excluding hydrogens is 312 g/mol. The number of aliphatic hydroxyl groups is 1. The Kier molecular flexibility index (Phi) is 6.59. The second kappa shape index (κ2) is 8.45. The van der Waals surface area contributed by atoms with Crippen molar-refractivity contribution in [3.8, 4) is 0 Å². The number of nitrogens with one attached hydrogen (secondary N) is 2. The van der Waals surface area contributed by atoms with E-state index in [1.165, 1.54) is 30.6 Å². The molecule has 1 atom stereocenters. The van der Waals surface area contributed by atoms with Gasteiger partial charge in [-0.05, 0) is 48.1 Å². The van der Waals surface area contributed by atoms with E-state index in [2.05, 4.69) is 10.6 Å². The van der Waals surface area contributed by atoms with Gasteiger partial charge >= 0.3 is 0 Å². The van der Waals surface area contributed by atoms with Crippen LogP contribution in [0.2, 0.25) is 0 Å².